The minimum atomic E-state index is -1.83. The third-order valence-electron chi connectivity index (χ3n) is 4.08. The highest BCUT2D eigenvalue weighted by atomic mass is 16.6. The second-order valence-corrected chi connectivity index (χ2v) is 5.45. The number of fused-ring (bicyclic) bond motifs is 1. The summed E-state index contributed by atoms with van der Waals surface area (Å²) >= 11 is 0. The molecule has 1 fully saturated rings. The van der Waals surface area contributed by atoms with Crippen molar-refractivity contribution in [2.24, 2.45) is 0 Å². The molecule has 0 saturated carbocycles. The molecule has 4 rings (SSSR count). The fourth-order valence-electron chi connectivity index (χ4n) is 2.90. The lowest BCUT2D eigenvalue weighted by Crippen LogP contribution is -2.56. The van der Waals surface area contributed by atoms with E-state index >= 15 is 0 Å². The highest BCUT2D eigenvalue weighted by Crippen LogP contribution is 2.36. The van der Waals surface area contributed by atoms with E-state index in [0.29, 0.717) is 16.9 Å². The molecule has 1 atom stereocenters. The number of amides is 2. The van der Waals surface area contributed by atoms with E-state index in [1.54, 1.807) is 48.5 Å². The second kappa shape index (κ2) is 4.67. The number of rotatable bonds is 1. The van der Waals surface area contributed by atoms with Gasteiger partial charge in [-0.15, -0.1) is 0 Å². The van der Waals surface area contributed by atoms with Crippen molar-refractivity contribution in [2.45, 2.75) is 5.60 Å². The van der Waals surface area contributed by atoms with Gasteiger partial charge in [0.15, 0.2) is 0 Å². The van der Waals surface area contributed by atoms with Crippen molar-refractivity contribution < 1.29 is 19.1 Å². The van der Waals surface area contributed by atoms with E-state index in [2.05, 4.69) is 5.32 Å². The predicted octanol–water partition coefficient (Wildman–Crippen LogP) is 2.22. The normalized spacial score (nSPS) is 22.8. The van der Waals surface area contributed by atoms with Gasteiger partial charge in [-0.3, -0.25) is 14.5 Å². The maximum absolute atomic E-state index is 12.8. The number of anilines is 2. The Bertz CT molecular complexity index is 833. The number of ether oxygens (including phenoxy) is 1. The molecular formula is C17H12N2O4. The summed E-state index contributed by atoms with van der Waals surface area (Å²) in [4.78, 5) is 38.8. The lowest BCUT2D eigenvalue weighted by atomic mass is 9.87. The van der Waals surface area contributed by atoms with Crippen molar-refractivity contribution in [3.8, 4) is 0 Å². The van der Waals surface area contributed by atoms with Crippen LogP contribution in [-0.2, 0) is 9.53 Å². The number of hydrogen-bond acceptors (Lipinski definition) is 4. The summed E-state index contributed by atoms with van der Waals surface area (Å²) < 4.78 is 5.26. The quantitative estimate of drug-likeness (QED) is 0.820. The zero-order valence-electron chi connectivity index (χ0n) is 12.0. The Hall–Kier alpha value is -3.15. The monoisotopic (exact) mass is 308 g/mol. The van der Waals surface area contributed by atoms with E-state index in [1.807, 2.05) is 6.07 Å². The third kappa shape index (κ3) is 1.85. The van der Waals surface area contributed by atoms with Gasteiger partial charge in [-0.05, 0) is 24.3 Å². The van der Waals surface area contributed by atoms with Gasteiger partial charge in [0, 0.05) is 11.3 Å². The Labute approximate surface area is 131 Å². The number of nitrogens with one attached hydrogen (secondary N) is 1. The molecule has 2 aromatic carbocycles. The van der Waals surface area contributed by atoms with Gasteiger partial charge in [0.2, 0.25) is 5.78 Å². The highest BCUT2D eigenvalue weighted by molar-refractivity contribution is 6.29. The SMILES string of the molecule is O=C1OC2(CN1c1ccccc1)C(=O)Nc1ccccc1C2=O. The van der Waals surface area contributed by atoms with Crippen LogP contribution in [0, 0.1) is 0 Å². The number of benzene rings is 2. The Kier molecular flexibility index (Phi) is 2.74. The van der Waals surface area contributed by atoms with Gasteiger partial charge < -0.3 is 10.1 Å². The summed E-state index contributed by atoms with van der Waals surface area (Å²) in [7, 11) is 0. The standard InChI is InChI=1S/C17H12N2O4/c20-14-12-8-4-5-9-13(12)18-15(21)17(14)10-19(16(22)23-17)11-6-2-1-3-7-11/h1-9H,10H2,(H,18,21). The van der Waals surface area contributed by atoms with Crippen LogP contribution in [-0.4, -0.2) is 29.9 Å². The van der Waals surface area contributed by atoms with Crippen LogP contribution < -0.4 is 10.2 Å². The average molecular weight is 308 g/mol. The second-order valence-electron chi connectivity index (χ2n) is 5.45. The number of carbonyl (C=O) groups excluding carboxylic acids is 3. The van der Waals surface area contributed by atoms with Gasteiger partial charge in [0.1, 0.15) is 0 Å². The minimum Gasteiger partial charge on any atom is -0.422 e. The Morgan fingerprint density at radius 1 is 0.957 bits per heavy atom. The molecule has 6 nitrogen and oxygen atoms in total. The van der Waals surface area contributed by atoms with Gasteiger partial charge in [0.05, 0.1) is 12.2 Å². The molecule has 2 aliphatic rings. The summed E-state index contributed by atoms with van der Waals surface area (Å²) in [6.07, 6.45) is -0.709. The number of hydrogen-bond donors (Lipinski definition) is 1. The van der Waals surface area contributed by atoms with Gasteiger partial charge in [0.25, 0.3) is 11.5 Å². The van der Waals surface area contributed by atoms with Crippen LogP contribution >= 0.6 is 0 Å². The maximum atomic E-state index is 12.8. The molecule has 0 aliphatic carbocycles. The van der Waals surface area contributed by atoms with Crippen LogP contribution in [0.4, 0.5) is 16.2 Å². The van der Waals surface area contributed by atoms with Gasteiger partial charge in [-0.2, -0.15) is 0 Å². The van der Waals surface area contributed by atoms with Crippen LogP contribution in [0.5, 0.6) is 0 Å². The topological polar surface area (TPSA) is 75.7 Å². The molecule has 2 heterocycles. The van der Waals surface area contributed by atoms with Crippen molar-refractivity contribution in [3.63, 3.8) is 0 Å². The Morgan fingerprint density at radius 3 is 2.43 bits per heavy atom. The number of para-hydroxylation sites is 2. The summed E-state index contributed by atoms with van der Waals surface area (Å²) in [5.74, 6) is -1.11. The van der Waals surface area contributed by atoms with Crippen LogP contribution in [0.1, 0.15) is 10.4 Å². The van der Waals surface area contributed by atoms with Gasteiger partial charge in [-0.1, -0.05) is 30.3 Å². The first kappa shape index (κ1) is 13.5. The summed E-state index contributed by atoms with van der Waals surface area (Å²) in [6, 6.07) is 15.5. The molecule has 0 bridgehead atoms. The van der Waals surface area contributed by atoms with Crippen molar-refractivity contribution >= 4 is 29.2 Å². The van der Waals surface area contributed by atoms with E-state index < -0.39 is 23.4 Å². The van der Waals surface area contributed by atoms with Gasteiger partial charge >= 0.3 is 6.09 Å². The first-order valence-electron chi connectivity index (χ1n) is 7.13. The van der Waals surface area contributed by atoms with Crippen molar-refractivity contribution in [1.29, 1.82) is 0 Å². The highest BCUT2D eigenvalue weighted by Gasteiger charge is 2.59. The number of carbonyl (C=O) groups is 3. The zero-order valence-corrected chi connectivity index (χ0v) is 12.0. The van der Waals surface area contributed by atoms with Crippen LogP contribution in [0.3, 0.4) is 0 Å². The van der Waals surface area contributed by atoms with E-state index in [4.69, 9.17) is 4.74 Å². The number of Topliss-reactive ketones (excluding diaryl/α,β-unsaturated/α-hetero) is 1. The molecule has 1 spiro atoms. The van der Waals surface area contributed by atoms with Crippen molar-refractivity contribution in [3.05, 3.63) is 60.2 Å². The Morgan fingerprint density at radius 2 is 1.65 bits per heavy atom. The summed E-state index contributed by atoms with van der Waals surface area (Å²) in [6.45, 7) is -0.144. The molecule has 2 amide bonds. The molecule has 23 heavy (non-hydrogen) atoms. The molecule has 1 unspecified atom stereocenters. The molecule has 6 heteroatoms. The van der Waals surface area contributed by atoms with Crippen LogP contribution in [0.2, 0.25) is 0 Å². The first-order chi connectivity index (χ1) is 11.1. The van der Waals surface area contributed by atoms with Crippen LogP contribution in [0.15, 0.2) is 54.6 Å². The summed E-state index contributed by atoms with van der Waals surface area (Å²) in [5.41, 5.74) is -0.479. The molecule has 2 aliphatic heterocycles. The average Bonchev–Trinajstić information content (AvgIpc) is 2.93. The summed E-state index contributed by atoms with van der Waals surface area (Å²) in [5, 5.41) is 2.65. The van der Waals surface area contributed by atoms with E-state index in [-0.39, 0.29) is 6.54 Å². The molecule has 2 aromatic rings. The zero-order chi connectivity index (χ0) is 16.0. The molecular weight excluding hydrogens is 296 g/mol. The molecule has 114 valence electrons. The third-order valence-corrected chi connectivity index (χ3v) is 4.08. The van der Waals surface area contributed by atoms with E-state index in [9.17, 15) is 14.4 Å². The minimum absolute atomic E-state index is 0.144. The Balaban J connectivity index is 1.76. The van der Waals surface area contributed by atoms with Crippen molar-refractivity contribution in [1.82, 2.24) is 0 Å². The number of nitrogens with zero attached hydrogens (tertiary/aromatic N) is 1. The van der Waals surface area contributed by atoms with Gasteiger partial charge in [-0.25, -0.2) is 4.79 Å². The fourth-order valence-corrected chi connectivity index (χ4v) is 2.90. The lowest BCUT2D eigenvalue weighted by Gasteiger charge is -2.29. The predicted molar refractivity (Wildman–Crippen MR) is 82.4 cm³/mol. The molecule has 1 N–H and O–H groups in total. The smallest absolute Gasteiger partial charge is 0.416 e. The largest absolute Gasteiger partial charge is 0.422 e. The van der Waals surface area contributed by atoms with Crippen molar-refractivity contribution in [2.75, 3.05) is 16.8 Å². The maximum Gasteiger partial charge on any atom is 0.416 e. The molecule has 0 aromatic heterocycles. The first-order valence-corrected chi connectivity index (χ1v) is 7.13. The number of ketones is 1. The molecule has 1 saturated heterocycles. The van der Waals surface area contributed by atoms with Crippen LogP contribution in [0.25, 0.3) is 0 Å². The fraction of sp³-hybridized carbons (Fsp3) is 0.118. The molecule has 0 radical (unpaired) electrons. The van der Waals surface area contributed by atoms with E-state index in [0.717, 1.165) is 0 Å². The van der Waals surface area contributed by atoms with E-state index in [1.165, 1.54) is 4.90 Å². The lowest BCUT2D eigenvalue weighted by molar-refractivity contribution is -0.127.